The molecule has 5 heteroatoms. The number of hydrogen-bond acceptors (Lipinski definition) is 4. The first-order chi connectivity index (χ1) is 6.89. The Labute approximate surface area is 94.5 Å². The van der Waals surface area contributed by atoms with Gasteiger partial charge in [-0.2, -0.15) is 0 Å². The van der Waals surface area contributed by atoms with Crippen LogP contribution < -0.4 is 5.73 Å². The van der Waals surface area contributed by atoms with Crippen molar-refractivity contribution in [3.8, 4) is 0 Å². The molecule has 15 heavy (non-hydrogen) atoms. The smallest absolute Gasteiger partial charge is 0.374 e. The minimum atomic E-state index is -2.56. The summed E-state index contributed by atoms with van der Waals surface area (Å²) in [5, 5.41) is 0. The van der Waals surface area contributed by atoms with Crippen LogP contribution in [0.5, 0.6) is 0 Å². The van der Waals surface area contributed by atoms with Crippen LogP contribution in [-0.4, -0.2) is 34.2 Å². The van der Waals surface area contributed by atoms with Crippen LogP contribution in [0.1, 0.15) is 34.6 Å². The van der Waals surface area contributed by atoms with Gasteiger partial charge in [0.15, 0.2) is 0 Å². The Morgan fingerprint density at radius 1 is 0.933 bits per heavy atom. The van der Waals surface area contributed by atoms with Crippen molar-refractivity contribution >= 4 is 8.80 Å². The molecule has 0 heterocycles. The van der Waals surface area contributed by atoms with Gasteiger partial charge < -0.3 is 19.0 Å². The molecule has 92 valence electrons. The fourth-order valence-corrected chi connectivity index (χ4v) is 4.49. The fraction of sp³-hybridized carbons (Fsp3) is 1.00. The molecule has 0 aliphatic carbocycles. The van der Waals surface area contributed by atoms with Gasteiger partial charge in [0, 0.05) is 31.4 Å². The van der Waals surface area contributed by atoms with E-state index in [1.165, 1.54) is 0 Å². The molecule has 0 saturated carbocycles. The minimum Gasteiger partial charge on any atom is -0.374 e. The van der Waals surface area contributed by atoms with Gasteiger partial charge in [-0.1, -0.05) is 0 Å². The maximum absolute atomic E-state index is 6.01. The van der Waals surface area contributed by atoms with E-state index >= 15 is 0 Å². The monoisotopic (exact) mass is 235 g/mol. The molecule has 0 bridgehead atoms. The van der Waals surface area contributed by atoms with Crippen molar-refractivity contribution in [3.63, 3.8) is 0 Å². The Balaban J connectivity index is 4.60. The van der Waals surface area contributed by atoms with Crippen molar-refractivity contribution < 1.29 is 13.3 Å². The van der Waals surface area contributed by atoms with Gasteiger partial charge in [0.05, 0.1) is 0 Å². The van der Waals surface area contributed by atoms with Crippen molar-refractivity contribution in [3.05, 3.63) is 0 Å². The predicted octanol–water partition coefficient (Wildman–Crippen LogP) is 1.77. The molecule has 0 saturated heterocycles. The average Bonchev–Trinajstić information content (AvgIpc) is 2.01. The zero-order valence-corrected chi connectivity index (χ0v) is 11.6. The normalized spacial score (nSPS) is 13.2. The largest absolute Gasteiger partial charge is 0.502 e. The van der Waals surface area contributed by atoms with E-state index in [1.54, 1.807) is 0 Å². The molecule has 0 aliphatic rings. The number of nitrogens with two attached hydrogens (primary N) is 1. The summed E-state index contributed by atoms with van der Waals surface area (Å²) in [6.07, 6.45) is 0. The van der Waals surface area contributed by atoms with Crippen LogP contribution in [0.2, 0.25) is 6.04 Å². The van der Waals surface area contributed by atoms with Crippen LogP contribution in [0.4, 0.5) is 0 Å². The molecule has 0 aliphatic heterocycles. The Bertz CT molecular complexity index is 154. The first-order valence-corrected chi connectivity index (χ1v) is 7.53. The molecule has 0 spiro atoms. The molecule has 0 fully saturated rings. The molecular weight excluding hydrogens is 210 g/mol. The van der Waals surface area contributed by atoms with Gasteiger partial charge in [-0.3, -0.25) is 0 Å². The molecule has 4 nitrogen and oxygen atoms in total. The highest BCUT2D eigenvalue weighted by Gasteiger charge is 2.44. The Hall–Kier alpha value is 0.0569. The summed E-state index contributed by atoms with van der Waals surface area (Å²) in [6.45, 7) is 11.6. The molecule has 0 unspecified atom stereocenters. The maximum Gasteiger partial charge on any atom is 0.502 e. The Morgan fingerprint density at radius 3 is 1.47 bits per heavy atom. The quantitative estimate of drug-likeness (QED) is 0.652. The molecule has 2 N–H and O–H groups in total. The second kappa shape index (κ2) is 6.60. The molecule has 0 aromatic rings. The van der Waals surface area contributed by atoms with Crippen molar-refractivity contribution in [1.82, 2.24) is 0 Å². The van der Waals surface area contributed by atoms with E-state index in [4.69, 9.17) is 19.0 Å². The summed E-state index contributed by atoms with van der Waals surface area (Å²) in [5.74, 6) is 0. The number of hydrogen-bond donors (Lipinski definition) is 1. The van der Waals surface area contributed by atoms with Crippen molar-refractivity contribution in [1.29, 1.82) is 0 Å². The zero-order chi connectivity index (χ0) is 11.9. The van der Waals surface area contributed by atoms with E-state index in [0.717, 1.165) is 0 Å². The van der Waals surface area contributed by atoms with E-state index in [2.05, 4.69) is 0 Å². The first kappa shape index (κ1) is 15.1. The van der Waals surface area contributed by atoms with Crippen molar-refractivity contribution in [2.75, 3.05) is 19.8 Å². The lowest BCUT2D eigenvalue weighted by Gasteiger charge is -2.33. The molecule has 0 aromatic heterocycles. The van der Waals surface area contributed by atoms with Crippen LogP contribution in [-0.2, 0) is 13.3 Å². The van der Waals surface area contributed by atoms with Crippen LogP contribution in [0.3, 0.4) is 0 Å². The third-order valence-corrected chi connectivity index (χ3v) is 5.29. The van der Waals surface area contributed by atoms with E-state index in [9.17, 15) is 0 Å². The standard InChI is InChI=1S/C10H25NO3Si/c1-6-12-15(13-7-2,14-8-3)9-10(4,5)11/h6-9,11H2,1-5H3. The Morgan fingerprint density at radius 2 is 1.27 bits per heavy atom. The summed E-state index contributed by atoms with van der Waals surface area (Å²) >= 11 is 0. The van der Waals surface area contributed by atoms with Crippen LogP contribution in [0.25, 0.3) is 0 Å². The number of rotatable bonds is 8. The first-order valence-electron chi connectivity index (χ1n) is 5.60. The average molecular weight is 235 g/mol. The minimum absolute atomic E-state index is 0.328. The van der Waals surface area contributed by atoms with Gasteiger partial charge >= 0.3 is 8.80 Å². The molecule has 0 amide bonds. The third kappa shape index (κ3) is 6.27. The van der Waals surface area contributed by atoms with Crippen molar-refractivity contribution in [2.45, 2.75) is 46.2 Å². The van der Waals surface area contributed by atoms with Crippen LogP contribution >= 0.6 is 0 Å². The lowest BCUT2D eigenvalue weighted by Crippen LogP contribution is -2.53. The van der Waals surface area contributed by atoms with E-state index in [-0.39, 0.29) is 5.54 Å². The van der Waals surface area contributed by atoms with E-state index in [0.29, 0.717) is 25.9 Å². The fourth-order valence-electron chi connectivity index (χ4n) is 1.50. The molecule has 0 rings (SSSR count). The Kier molecular flexibility index (Phi) is 6.62. The predicted molar refractivity (Wildman–Crippen MR) is 63.7 cm³/mol. The van der Waals surface area contributed by atoms with Gasteiger partial charge in [0.1, 0.15) is 0 Å². The zero-order valence-electron chi connectivity index (χ0n) is 10.6. The summed E-state index contributed by atoms with van der Waals surface area (Å²) in [4.78, 5) is 0. The summed E-state index contributed by atoms with van der Waals surface area (Å²) in [6, 6.07) is 0.648. The van der Waals surface area contributed by atoms with Crippen LogP contribution in [0, 0.1) is 0 Å². The molecular formula is C10H25NO3Si. The van der Waals surface area contributed by atoms with Gasteiger partial charge in [-0.05, 0) is 34.6 Å². The van der Waals surface area contributed by atoms with E-state index in [1.807, 2.05) is 34.6 Å². The highest BCUT2D eigenvalue weighted by atomic mass is 28.4. The molecule has 0 atom stereocenters. The SMILES string of the molecule is CCO[Si](CC(C)(C)N)(OCC)OCC. The molecule has 0 aromatic carbocycles. The highest BCUT2D eigenvalue weighted by Crippen LogP contribution is 2.22. The van der Waals surface area contributed by atoms with Gasteiger partial charge in [0.2, 0.25) is 0 Å². The lowest BCUT2D eigenvalue weighted by molar-refractivity contribution is 0.0668. The van der Waals surface area contributed by atoms with Gasteiger partial charge in [-0.15, -0.1) is 0 Å². The third-order valence-electron chi connectivity index (χ3n) is 1.76. The van der Waals surface area contributed by atoms with Crippen LogP contribution in [0.15, 0.2) is 0 Å². The van der Waals surface area contributed by atoms with Gasteiger partial charge in [0.25, 0.3) is 0 Å². The summed E-state index contributed by atoms with van der Waals surface area (Å²) in [5.41, 5.74) is 5.68. The van der Waals surface area contributed by atoms with Gasteiger partial charge in [-0.25, -0.2) is 0 Å². The maximum atomic E-state index is 6.01. The summed E-state index contributed by atoms with van der Waals surface area (Å²) < 4.78 is 17.1. The van der Waals surface area contributed by atoms with E-state index < -0.39 is 8.80 Å². The van der Waals surface area contributed by atoms with Crippen molar-refractivity contribution in [2.24, 2.45) is 5.73 Å². The second-order valence-electron chi connectivity index (χ2n) is 4.15. The second-order valence-corrected chi connectivity index (χ2v) is 6.73. The highest BCUT2D eigenvalue weighted by molar-refractivity contribution is 6.61. The lowest BCUT2D eigenvalue weighted by atomic mass is 10.1. The summed E-state index contributed by atoms with van der Waals surface area (Å²) in [7, 11) is -2.56. The topological polar surface area (TPSA) is 53.7 Å². The molecule has 0 radical (unpaired) electrons.